The summed E-state index contributed by atoms with van der Waals surface area (Å²) < 4.78 is 5.26. The molecule has 3 rings (SSSR count). The van der Waals surface area contributed by atoms with Gasteiger partial charge in [0.25, 0.3) is 0 Å². The van der Waals surface area contributed by atoms with E-state index >= 15 is 0 Å². The van der Waals surface area contributed by atoms with Crippen LogP contribution in [0.4, 0.5) is 0 Å². The average molecular weight is 267 g/mol. The summed E-state index contributed by atoms with van der Waals surface area (Å²) in [6.07, 6.45) is 0.712. The molecule has 0 fully saturated rings. The normalized spacial score (nSPS) is 12.2. The van der Waals surface area contributed by atoms with E-state index in [1.165, 1.54) is 0 Å². The van der Waals surface area contributed by atoms with Crippen molar-refractivity contribution in [1.29, 1.82) is 0 Å². The zero-order chi connectivity index (χ0) is 12.0. The minimum Gasteiger partial charge on any atom is -0.480 e. The molecular formula is C12H8Cl2N2O. The van der Waals surface area contributed by atoms with E-state index in [2.05, 4.69) is 9.97 Å². The number of benzene rings is 1. The molecule has 0 saturated heterocycles. The van der Waals surface area contributed by atoms with Crippen molar-refractivity contribution in [1.82, 2.24) is 9.97 Å². The van der Waals surface area contributed by atoms with Crippen molar-refractivity contribution in [2.75, 3.05) is 7.11 Å². The second-order valence-electron chi connectivity index (χ2n) is 3.80. The van der Waals surface area contributed by atoms with Gasteiger partial charge in [0, 0.05) is 11.4 Å². The Bertz CT molecular complexity index is 614. The molecule has 17 heavy (non-hydrogen) atoms. The number of fused-ring (bicyclic) bond motifs is 3. The number of hydrogen-bond acceptors (Lipinski definition) is 3. The van der Waals surface area contributed by atoms with Gasteiger partial charge in [-0.2, -0.15) is 4.98 Å². The second kappa shape index (κ2) is 3.86. The summed E-state index contributed by atoms with van der Waals surface area (Å²) in [5.41, 5.74) is 4.00. The molecule has 1 aromatic carbocycles. The highest BCUT2D eigenvalue weighted by molar-refractivity contribution is 6.30. The van der Waals surface area contributed by atoms with E-state index in [1.54, 1.807) is 7.11 Å². The van der Waals surface area contributed by atoms with Gasteiger partial charge in [0.2, 0.25) is 11.2 Å². The van der Waals surface area contributed by atoms with E-state index in [-0.39, 0.29) is 5.28 Å². The molecule has 0 amide bonds. The summed E-state index contributed by atoms with van der Waals surface area (Å²) in [6.45, 7) is 0. The highest BCUT2D eigenvalue weighted by atomic mass is 35.5. The number of methoxy groups -OCH3 is 1. The summed E-state index contributed by atoms with van der Waals surface area (Å²) >= 11 is 11.8. The molecule has 5 heteroatoms. The third kappa shape index (κ3) is 1.66. The highest BCUT2D eigenvalue weighted by Crippen LogP contribution is 2.41. The van der Waals surface area contributed by atoms with Gasteiger partial charge in [-0.3, -0.25) is 0 Å². The number of halogens is 2. The van der Waals surface area contributed by atoms with Crippen LogP contribution in [0.3, 0.4) is 0 Å². The molecule has 0 N–H and O–H groups in total. The molecule has 1 aliphatic rings. The maximum atomic E-state index is 5.98. The standard InChI is InChI=1S/C12H8Cl2N2O/c1-17-11-10-8-3-2-7(13)4-6(8)5-9(10)15-12(14)16-11/h2-4H,5H2,1H3. The number of nitrogens with zero attached hydrogens (tertiary/aromatic N) is 2. The van der Waals surface area contributed by atoms with E-state index < -0.39 is 0 Å². The highest BCUT2D eigenvalue weighted by Gasteiger charge is 2.25. The molecule has 2 aromatic rings. The molecule has 0 aliphatic heterocycles. The molecule has 3 nitrogen and oxygen atoms in total. The molecule has 86 valence electrons. The minimum atomic E-state index is 0.208. The van der Waals surface area contributed by atoms with Gasteiger partial charge in [-0.15, -0.1) is 0 Å². The van der Waals surface area contributed by atoms with Crippen LogP contribution in [0.5, 0.6) is 5.88 Å². The van der Waals surface area contributed by atoms with E-state index in [1.807, 2.05) is 18.2 Å². The molecule has 0 radical (unpaired) electrons. The lowest BCUT2D eigenvalue weighted by molar-refractivity contribution is 0.398. The van der Waals surface area contributed by atoms with Crippen molar-refractivity contribution in [3.63, 3.8) is 0 Å². The first-order valence-corrected chi connectivity index (χ1v) is 5.84. The fraction of sp³-hybridized carbons (Fsp3) is 0.167. The Morgan fingerprint density at radius 1 is 1.24 bits per heavy atom. The fourth-order valence-corrected chi connectivity index (χ4v) is 2.51. The molecule has 0 saturated carbocycles. The Morgan fingerprint density at radius 2 is 2.06 bits per heavy atom. The predicted molar refractivity (Wildman–Crippen MR) is 66.8 cm³/mol. The van der Waals surface area contributed by atoms with Crippen molar-refractivity contribution in [3.8, 4) is 17.0 Å². The number of hydrogen-bond donors (Lipinski definition) is 0. The first kappa shape index (κ1) is 10.8. The van der Waals surface area contributed by atoms with E-state index in [0.29, 0.717) is 12.3 Å². The Labute approximate surface area is 108 Å². The maximum Gasteiger partial charge on any atom is 0.225 e. The molecule has 0 atom stereocenters. The summed E-state index contributed by atoms with van der Waals surface area (Å²) in [5.74, 6) is 0.515. The molecule has 0 unspecified atom stereocenters. The molecule has 1 aliphatic carbocycles. The van der Waals surface area contributed by atoms with Crippen LogP contribution in [0.25, 0.3) is 11.1 Å². The number of ether oxygens (including phenoxy) is 1. The van der Waals surface area contributed by atoms with E-state index in [4.69, 9.17) is 27.9 Å². The third-order valence-electron chi connectivity index (χ3n) is 2.81. The van der Waals surface area contributed by atoms with Crippen LogP contribution in [0.2, 0.25) is 10.3 Å². The van der Waals surface area contributed by atoms with Gasteiger partial charge in [-0.1, -0.05) is 17.7 Å². The largest absolute Gasteiger partial charge is 0.480 e. The molecule has 1 heterocycles. The zero-order valence-electron chi connectivity index (χ0n) is 9.00. The van der Waals surface area contributed by atoms with Gasteiger partial charge in [0.05, 0.1) is 18.4 Å². The number of rotatable bonds is 1. The Kier molecular flexibility index (Phi) is 2.45. The van der Waals surface area contributed by atoms with Gasteiger partial charge in [-0.05, 0) is 34.9 Å². The van der Waals surface area contributed by atoms with E-state index in [9.17, 15) is 0 Å². The SMILES string of the molecule is COc1nc(Cl)nc2c1-c1ccc(Cl)cc1C2. The van der Waals surface area contributed by atoms with Crippen LogP contribution in [0.15, 0.2) is 18.2 Å². The Hall–Kier alpha value is -1.32. The van der Waals surface area contributed by atoms with Gasteiger partial charge in [0.15, 0.2) is 0 Å². The number of aromatic nitrogens is 2. The predicted octanol–water partition coefficient (Wildman–Crippen LogP) is 3.36. The van der Waals surface area contributed by atoms with Crippen LogP contribution in [-0.2, 0) is 6.42 Å². The smallest absolute Gasteiger partial charge is 0.225 e. The fourth-order valence-electron chi connectivity index (χ4n) is 2.13. The van der Waals surface area contributed by atoms with Crippen LogP contribution in [-0.4, -0.2) is 17.1 Å². The second-order valence-corrected chi connectivity index (χ2v) is 4.58. The van der Waals surface area contributed by atoms with Crippen molar-refractivity contribution in [2.24, 2.45) is 0 Å². The van der Waals surface area contributed by atoms with E-state index in [0.717, 1.165) is 27.4 Å². The zero-order valence-corrected chi connectivity index (χ0v) is 10.5. The maximum absolute atomic E-state index is 5.98. The van der Waals surface area contributed by atoms with Crippen molar-refractivity contribution >= 4 is 23.2 Å². The quantitative estimate of drug-likeness (QED) is 0.634. The van der Waals surface area contributed by atoms with Crippen molar-refractivity contribution in [3.05, 3.63) is 39.8 Å². The van der Waals surface area contributed by atoms with Crippen molar-refractivity contribution in [2.45, 2.75) is 6.42 Å². The molecule has 0 bridgehead atoms. The summed E-state index contributed by atoms with van der Waals surface area (Å²) in [5, 5.41) is 0.925. The molecular weight excluding hydrogens is 259 g/mol. The van der Waals surface area contributed by atoms with Crippen LogP contribution < -0.4 is 4.74 Å². The molecule has 0 spiro atoms. The van der Waals surface area contributed by atoms with Gasteiger partial charge < -0.3 is 4.74 Å². The molecule has 1 aromatic heterocycles. The Morgan fingerprint density at radius 3 is 2.82 bits per heavy atom. The third-order valence-corrected chi connectivity index (χ3v) is 3.22. The lowest BCUT2D eigenvalue weighted by atomic mass is 10.1. The Balaban J connectivity index is 2.28. The van der Waals surface area contributed by atoms with Crippen LogP contribution >= 0.6 is 23.2 Å². The summed E-state index contributed by atoms with van der Waals surface area (Å²) in [6, 6.07) is 5.75. The lowest BCUT2D eigenvalue weighted by Gasteiger charge is -2.06. The minimum absolute atomic E-state index is 0.208. The lowest BCUT2D eigenvalue weighted by Crippen LogP contribution is -1.96. The summed E-state index contributed by atoms with van der Waals surface area (Å²) in [4.78, 5) is 8.32. The van der Waals surface area contributed by atoms with Crippen LogP contribution in [0, 0.1) is 0 Å². The van der Waals surface area contributed by atoms with Gasteiger partial charge in [0.1, 0.15) is 0 Å². The first-order chi connectivity index (χ1) is 8.19. The van der Waals surface area contributed by atoms with Gasteiger partial charge >= 0.3 is 0 Å². The van der Waals surface area contributed by atoms with Crippen LogP contribution in [0.1, 0.15) is 11.3 Å². The van der Waals surface area contributed by atoms with Crippen molar-refractivity contribution < 1.29 is 4.74 Å². The summed E-state index contributed by atoms with van der Waals surface area (Å²) in [7, 11) is 1.58. The van der Waals surface area contributed by atoms with Gasteiger partial charge in [-0.25, -0.2) is 4.98 Å². The monoisotopic (exact) mass is 266 g/mol. The average Bonchev–Trinajstić information content (AvgIpc) is 2.64. The first-order valence-electron chi connectivity index (χ1n) is 5.08. The topological polar surface area (TPSA) is 35.0 Å².